The molecule has 0 saturated heterocycles. The molecule has 7 rings (SSSR count). The Morgan fingerprint density at radius 3 is 2.36 bits per heavy atom. The third kappa shape index (κ3) is 5.40. The number of rotatable bonds is 8. The Balaban J connectivity index is 1.38. The van der Waals surface area contributed by atoms with Crippen molar-refractivity contribution in [1.29, 1.82) is 0 Å². The molecule has 8 nitrogen and oxygen atoms in total. The fourth-order valence-corrected chi connectivity index (χ4v) is 8.10. The first kappa shape index (κ1) is 33.9. The van der Waals surface area contributed by atoms with Crippen molar-refractivity contribution in [2.24, 2.45) is 14.1 Å². The Morgan fingerprint density at radius 1 is 0.980 bits per heavy atom. The van der Waals surface area contributed by atoms with E-state index in [2.05, 4.69) is 24.5 Å². The Labute approximate surface area is 302 Å². The minimum atomic E-state index is -0.0871. The number of halogens is 2. The molecule has 0 spiro atoms. The van der Waals surface area contributed by atoms with Crippen molar-refractivity contribution < 1.29 is 14.3 Å². The highest BCUT2D eigenvalue weighted by molar-refractivity contribution is 6.35. The number of anilines is 1. The summed E-state index contributed by atoms with van der Waals surface area (Å²) in [6, 6.07) is 13.5. The van der Waals surface area contributed by atoms with Crippen molar-refractivity contribution in [3.63, 3.8) is 0 Å². The molecular formula is C40H41Cl2N5O3. The third-order valence-corrected chi connectivity index (χ3v) is 11.1. The lowest BCUT2D eigenvalue weighted by Crippen LogP contribution is -2.42. The van der Waals surface area contributed by atoms with Gasteiger partial charge in [0, 0.05) is 76.6 Å². The fourth-order valence-electron chi connectivity index (χ4n) is 7.74. The largest absolute Gasteiger partial charge is 0.494 e. The molecule has 10 heteroatoms. The molecule has 6 aromatic rings. The summed E-state index contributed by atoms with van der Waals surface area (Å²) in [7, 11) is 3.91. The number of carbonyl (C=O) groups is 2. The first-order chi connectivity index (χ1) is 23.8. The van der Waals surface area contributed by atoms with Gasteiger partial charge in [-0.3, -0.25) is 14.3 Å². The summed E-state index contributed by atoms with van der Waals surface area (Å²) in [4.78, 5) is 29.2. The van der Waals surface area contributed by atoms with E-state index in [9.17, 15) is 9.59 Å². The van der Waals surface area contributed by atoms with Gasteiger partial charge in [0.1, 0.15) is 11.4 Å². The molecule has 1 aliphatic heterocycles. The molecular weight excluding hydrogens is 669 g/mol. The minimum Gasteiger partial charge on any atom is -0.494 e. The number of ketones is 1. The number of aryl methyl sites for hydroxylation is 6. The Hall–Kier alpha value is -4.53. The second-order valence-electron chi connectivity index (χ2n) is 13.7. The Bertz CT molecular complexity index is 2360. The van der Waals surface area contributed by atoms with E-state index in [0.29, 0.717) is 42.3 Å². The number of aromatic nitrogens is 4. The third-order valence-electron chi connectivity index (χ3n) is 10.2. The molecule has 0 fully saturated rings. The molecule has 3 aromatic heterocycles. The first-order valence-electron chi connectivity index (χ1n) is 17.0. The molecule has 3 aromatic carbocycles. The van der Waals surface area contributed by atoms with Crippen molar-refractivity contribution >= 4 is 62.4 Å². The van der Waals surface area contributed by atoms with Crippen molar-refractivity contribution in [1.82, 2.24) is 18.9 Å². The van der Waals surface area contributed by atoms with E-state index in [1.165, 1.54) is 0 Å². The first-order valence-corrected chi connectivity index (χ1v) is 17.7. The van der Waals surface area contributed by atoms with E-state index in [-0.39, 0.29) is 17.7 Å². The van der Waals surface area contributed by atoms with Crippen LogP contribution in [-0.2, 0) is 20.5 Å². The molecule has 258 valence electrons. The molecule has 0 N–H and O–H groups in total. The van der Waals surface area contributed by atoms with Crippen LogP contribution >= 0.6 is 23.2 Å². The average molecular weight is 711 g/mol. The zero-order valence-electron chi connectivity index (χ0n) is 29.7. The molecule has 0 aliphatic carbocycles. The van der Waals surface area contributed by atoms with Gasteiger partial charge in [0.2, 0.25) is 0 Å². The van der Waals surface area contributed by atoms with Crippen LogP contribution in [0.25, 0.3) is 32.9 Å². The quantitative estimate of drug-likeness (QED) is 0.117. The van der Waals surface area contributed by atoms with Crippen LogP contribution in [0.4, 0.5) is 5.69 Å². The summed E-state index contributed by atoms with van der Waals surface area (Å²) in [5.41, 5.74) is 10.6. The lowest BCUT2D eigenvalue weighted by atomic mass is 9.98. The van der Waals surface area contributed by atoms with Gasteiger partial charge in [0.05, 0.1) is 28.5 Å². The summed E-state index contributed by atoms with van der Waals surface area (Å²) in [5, 5.41) is 7.96. The Kier molecular flexibility index (Phi) is 8.59. The summed E-state index contributed by atoms with van der Waals surface area (Å²) in [6.45, 7) is 12.6. The van der Waals surface area contributed by atoms with Gasteiger partial charge in [-0.25, -0.2) is 0 Å². The SMILES string of the molecule is CC(=O)c1ccc2c(c1)c(N1CC(C)n3c(c(CCCOc4cc(C)c(Cl)c(C)c4)c4ccc(Cl)c(-c5c(C)nn(C)c5C)c43)C1=O)cn2C. The number of hydrogen-bond acceptors (Lipinski definition) is 4. The van der Waals surface area contributed by atoms with Gasteiger partial charge < -0.3 is 18.8 Å². The maximum absolute atomic E-state index is 15.0. The predicted molar refractivity (Wildman–Crippen MR) is 203 cm³/mol. The highest BCUT2D eigenvalue weighted by atomic mass is 35.5. The van der Waals surface area contributed by atoms with Crippen LogP contribution in [0.3, 0.4) is 0 Å². The van der Waals surface area contributed by atoms with Gasteiger partial charge in [-0.05, 0) is 107 Å². The number of hydrogen-bond donors (Lipinski definition) is 0. The maximum atomic E-state index is 15.0. The molecule has 1 atom stereocenters. The van der Waals surface area contributed by atoms with E-state index in [0.717, 1.165) is 77.5 Å². The molecule has 1 amide bonds. The Morgan fingerprint density at radius 2 is 1.70 bits per heavy atom. The van der Waals surface area contributed by atoms with E-state index in [4.69, 9.17) is 33.0 Å². The average Bonchev–Trinajstić information content (AvgIpc) is 3.67. The number of ether oxygens (including phenoxy) is 1. The van der Waals surface area contributed by atoms with Crippen LogP contribution in [0.15, 0.2) is 48.7 Å². The predicted octanol–water partition coefficient (Wildman–Crippen LogP) is 9.51. The number of nitrogens with zero attached hydrogens (tertiary/aromatic N) is 5. The molecule has 0 bridgehead atoms. The van der Waals surface area contributed by atoms with E-state index >= 15 is 0 Å². The minimum absolute atomic E-state index is 0.0148. The smallest absolute Gasteiger partial charge is 0.275 e. The normalized spacial score (nSPS) is 14.6. The molecule has 4 heterocycles. The summed E-state index contributed by atoms with van der Waals surface area (Å²) < 4.78 is 12.3. The monoisotopic (exact) mass is 709 g/mol. The molecule has 0 saturated carbocycles. The topological polar surface area (TPSA) is 74.3 Å². The van der Waals surface area contributed by atoms with Gasteiger partial charge in [-0.1, -0.05) is 29.3 Å². The van der Waals surface area contributed by atoms with Gasteiger partial charge in [0.25, 0.3) is 5.91 Å². The van der Waals surface area contributed by atoms with Crippen LogP contribution in [0, 0.1) is 27.7 Å². The zero-order valence-corrected chi connectivity index (χ0v) is 31.3. The zero-order chi connectivity index (χ0) is 35.8. The standard InChI is InChI=1S/C40H41Cl2N5O3/c1-21-16-28(17-22(2)37(21)42)50-15-9-10-29-30-12-13-32(41)36(35-24(4)43-45(8)25(35)5)38(30)47-23(3)19-46(40(49)39(29)47)34-20-44(7)33-14-11-27(26(6)48)18-31(33)34/h11-14,16-18,20,23H,9-10,15,19H2,1-8H3. The molecule has 1 aliphatic rings. The molecule has 50 heavy (non-hydrogen) atoms. The summed E-state index contributed by atoms with van der Waals surface area (Å²) in [5.74, 6) is 0.683. The van der Waals surface area contributed by atoms with Crippen molar-refractivity contribution in [3.05, 3.63) is 98.0 Å². The number of amides is 1. The van der Waals surface area contributed by atoms with Crippen LogP contribution < -0.4 is 9.64 Å². The van der Waals surface area contributed by atoms with Crippen molar-refractivity contribution in [3.8, 4) is 16.9 Å². The van der Waals surface area contributed by atoms with Crippen LogP contribution in [0.2, 0.25) is 10.0 Å². The van der Waals surface area contributed by atoms with Gasteiger partial charge in [0.15, 0.2) is 5.78 Å². The van der Waals surface area contributed by atoms with E-state index in [1.807, 2.05) is 91.6 Å². The number of fused-ring (bicyclic) bond motifs is 4. The van der Waals surface area contributed by atoms with Crippen molar-refractivity contribution in [2.75, 3.05) is 18.1 Å². The number of carbonyl (C=O) groups excluding carboxylic acids is 2. The second-order valence-corrected chi connectivity index (χ2v) is 14.5. The van der Waals surface area contributed by atoms with Gasteiger partial charge in [-0.2, -0.15) is 5.10 Å². The van der Waals surface area contributed by atoms with Gasteiger partial charge >= 0.3 is 0 Å². The van der Waals surface area contributed by atoms with E-state index < -0.39 is 0 Å². The molecule has 1 unspecified atom stereocenters. The summed E-state index contributed by atoms with van der Waals surface area (Å²) in [6.07, 6.45) is 3.30. The number of benzene rings is 3. The molecule has 0 radical (unpaired) electrons. The van der Waals surface area contributed by atoms with Crippen LogP contribution in [0.1, 0.15) is 75.2 Å². The van der Waals surface area contributed by atoms with Crippen LogP contribution in [-0.4, -0.2) is 43.8 Å². The lowest BCUT2D eigenvalue weighted by molar-refractivity contribution is 0.0957. The number of Topliss-reactive ketones (excluding diaryl/α,β-unsaturated/α-hetero) is 1. The fraction of sp³-hybridized carbons (Fsp3) is 0.325. The van der Waals surface area contributed by atoms with E-state index in [1.54, 1.807) is 6.92 Å². The maximum Gasteiger partial charge on any atom is 0.275 e. The highest BCUT2D eigenvalue weighted by Crippen LogP contribution is 2.45. The van der Waals surface area contributed by atoms with Gasteiger partial charge in [-0.15, -0.1) is 0 Å². The summed E-state index contributed by atoms with van der Waals surface area (Å²) >= 11 is 13.5. The highest BCUT2D eigenvalue weighted by Gasteiger charge is 2.37. The lowest BCUT2D eigenvalue weighted by Gasteiger charge is -2.34. The van der Waals surface area contributed by atoms with Crippen molar-refractivity contribution in [2.45, 2.75) is 60.4 Å². The van der Waals surface area contributed by atoms with Crippen LogP contribution in [0.5, 0.6) is 5.75 Å². The second kappa shape index (κ2) is 12.7.